The lowest BCUT2D eigenvalue weighted by atomic mass is 10.2. The first-order valence-electron chi connectivity index (χ1n) is 9.44. The molecule has 1 aliphatic rings. The van der Waals surface area contributed by atoms with Crippen LogP contribution in [0.15, 0.2) is 24.3 Å². The Hall–Kier alpha value is -1.28. The summed E-state index contributed by atoms with van der Waals surface area (Å²) in [5.41, 5.74) is 7.04. The third kappa shape index (κ3) is 9.43. The van der Waals surface area contributed by atoms with Crippen LogP contribution in [0.2, 0.25) is 0 Å². The van der Waals surface area contributed by atoms with Gasteiger partial charge in [-0.15, -0.1) is 0 Å². The number of rotatable bonds is 5. The lowest BCUT2D eigenvalue weighted by molar-refractivity contribution is -0.125. The molecule has 3 N–H and O–H groups in total. The number of hydrogen-bond donors (Lipinski definition) is 3. The minimum Gasteiger partial charge on any atom is -0.390 e. The topological polar surface area (TPSA) is 79.0 Å². The molecule has 26 heavy (non-hydrogen) atoms. The molecule has 1 heterocycles. The van der Waals surface area contributed by atoms with E-state index in [0.717, 1.165) is 11.4 Å². The molecule has 1 atom stereocenters. The number of aliphatic hydroxyl groups is 1. The van der Waals surface area contributed by atoms with Crippen LogP contribution in [0.1, 0.15) is 41.5 Å². The van der Waals surface area contributed by atoms with E-state index in [1.807, 2.05) is 65.8 Å². The van der Waals surface area contributed by atoms with E-state index in [1.165, 1.54) is 0 Å². The molecule has 1 amide bonds. The monoisotopic (exact) mass is 387 g/mol. The molecule has 1 saturated heterocycles. The highest BCUT2D eigenvalue weighted by Crippen LogP contribution is 2.23. The molecule has 0 saturated carbocycles. The second-order valence-electron chi connectivity index (χ2n) is 4.59. The number of morpholine rings is 1. The van der Waals surface area contributed by atoms with Gasteiger partial charge in [0.05, 0.1) is 19.3 Å². The van der Waals surface area contributed by atoms with Crippen molar-refractivity contribution in [3.8, 4) is 0 Å². The Kier molecular flexibility index (Phi) is 17.8. The Balaban J connectivity index is 0. The second-order valence-corrected chi connectivity index (χ2v) is 5.07. The smallest absolute Gasteiger partial charge is 0.253 e. The highest BCUT2D eigenvalue weighted by atomic mass is 32.1. The van der Waals surface area contributed by atoms with Crippen molar-refractivity contribution >= 4 is 30.1 Å². The summed E-state index contributed by atoms with van der Waals surface area (Å²) < 4.78 is 6.73. The average molecular weight is 388 g/mol. The lowest BCUT2D eigenvalue weighted by Gasteiger charge is -2.27. The third-order valence-electron chi connectivity index (χ3n) is 3.10. The summed E-state index contributed by atoms with van der Waals surface area (Å²) in [6.07, 6.45) is -0.618. The first-order valence-corrected chi connectivity index (χ1v) is 9.84. The molecule has 6 nitrogen and oxygen atoms in total. The molecule has 1 aromatic rings. The van der Waals surface area contributed by atoms with Crippen LogP contribution in [0.25, 0.3) is 0 Å². The summed E-state index contributed by atoms with van der Waals surface area (Å²) in [6, 6.07) is 7.43. The van der Waals surface area contributed by atoms with Gasteiger partial charge in [-0.25, -0.2) is 0 Å². The quantitative estimate of drug-likeness (QED) is 0.677. The highest BCUT2D eigenvalue weighted by Gasteiger charge is 2.20. The number of carbonyl (C=O) groups excluding carboxylic acids is 1. The lowest BCUT2D eigenvalue weighted by Crippen LogP contribution is -2.41. The van der Waals surface area contributed by atoms with E-state index < -0.39 is 6.10 Å². The number of amides is 1. The van der Waals surface area contributed by atoms with E-state index in [0.29, 0.717) is 19.7 Å². The summed E-state index contributed by atoms with van der Waals surface area (Å²) in [7, 11) is 0. The molecule has 2 rings (SSSR count). The fraction of sp³-hybridized carbons (Fsp3) is 0.632. The molecule has 0 aliphatic carbocycles. The van der Waals surface area contributed by atoms with E-state index in [1.54, 1.807) is 9.21 Å². The zero-order valence-corrected chi connectivity index (χ0v) is 18.0. The molecule has 1 aromatic carbocycles. The number of anilines is 2. The highest BCUT2D eigenvalue weighted by molar-refractivity contribution is 7.81. The number of ether oxygens (including phenoxy) is 1. The van der Waals surface area contributed by atoms with Crippen LogP contribution in [0.5, 0.6) is 0 Å². The van der Waals surface area contributed by atoms with Crippen molar-refractivity contribution in [2.45, 2.75) is 47.6 Å². The number of nitrogens with zero attached hydrogens (tertiary/aromatic N) is 2. The van der Waals surface area contributed by atoms with Gasteiger partial charge in [-0.2, -0.15) is 0 Å². The maximum Gasteiger partial charge on any atom is 0.253 e. The zero-order valence-electron chi connectivity index (χ0n) is 17.1. The van der Waals surface area contributed by atoms with Crippen molar-refractivity contribution in [3.63, 3.8) is 0 Å². The molecular formula is C19H37N3O3S. The van der Waals surface area contributed by atoms with E-state index in [9.17, 15) is 9.90 Å². The number of carbonyl (C=O) groups is 1. The van der Waals surface area contributed by atoms with Crippen molar-refractivity contribution in [2.75, 3.05) is 42.1 Å². The molecule has 152 valence electrons. The van der Waals surface area contributed by atoms with Crippen LogP contribution in [-0.4, -0.2) is 50.0 Å². The molecule has 0 aromatic heterocycles. The van der Waals surface area contributed by atoms with Gasteiger partial charge < -0.3 is 24.8 Å². The maximum atomic E-state index is 11.7. The normalized spacial score (nSPS) is 13.9. The predicted octanol–water partition coefficient (Wildman–Crippen LogP) is 3.10. The van der Waals surface area contributed by atoms with Gasteiger partial charge >= 0.3 is 0 Å². The van der Waals surface area contributed by atoms with Crippen LogP contribution in [0.4, 0.5) is 11.4 Å². The van der Waals surface area contributed by atoms with Crippen molar-refractivity contribution in [2.24, 2.45) is 5.73 Å². The Bertz CT molecular complexity index is 458. The fourth-order valence-electron chi connectivity index (χ4n) is 1.98. The molecule has 1 aliphatic heterocycles. The minimum atomic E-state index is -0.618. The largest absolute Gasteiger partial charge is 0.390 e. The van der Waals surface area contributed by atoms with Crippen molar-refractivity contribution in [3.05, 3.63) is 24.3 Å². The van der Waals surface area contributed by atoms with Gasteiger partial charge in [-0.3, -0.25) is 4.79 Å². The van der Waals surface area contributed by atoms with Crippen LogP contribution in [0.3, 0.4) is 0 Å². The average Bonchev–Trinajstić information content (AvgIpc) is 2.73. The third-order valence-corrected chi connectivity index (χ3v) is 3.50. The first kappa shape index (κ1) is 26.9. The summed E-state index contributed by atoms with van der Waals surface area (Å²) in [5.74, 6) is -0.0368. The van der Waals surface area contributed by atoms with E-state index in [4.69, 9.17) is 10.5 Å². The van der Waals surface area contributed by atoms with Gasteiger partial charge in [0.25, 0.3) is 5.91 Å². The number of nitrogens with two attached hydrogens (primary N) is 1. The van der Waals surface area contributed by atoms with E-state index >= 15 is 0 Å². The van der Waals surface area contributed by atoms with Crippen molar-refractivity contribution < 1.29 is 14.6 Å². The molecule has 0 bridgehead atoms. The first-order chi connectivity index (χ1) is 12.6. The molecule has 7 heteroatoms. The van der Waals surface area contributed by atoms with E-state index in [2.05, 4.69) is 12.8 Å². The van der Waals surface area contributed by atoms with Crippen molar-refractivity contribution in [1.82, 2.24) is 0 Å². The standard InChI is InChI=1S/C13H19N3O3S.3C2H6/c14-7-12(17)8-16(20)11-3-1-10(2-4-11)15-5-6-19-9-13(15)18;3*1-2/h1-4,12,17,20H,5-9,14H2;3*1-2H3. The fourth-order valence-corrected chi connectivity index (χ4v) is 2.30. The molecule has 1 unspecified atom stereocenters. The predicted molar refractivity (Wildman–Crippen MR) is 115 cm³/mol. The van der Waals surface area contributed by atoms with E-state index in [-0.39, 0.29) is 19.1 Å². The Labute approximate surface area is 164 Å². The molecule has 1 fully saturated rings. The Morgan fingerprint density at radius 1 is 1.19 bits per heavy atom. The summed E-state index contributed by atoms with van der Waals surface area (Å²) in [5, 5.41) is 9.50. The van der Waals surface area contributed by atoms with Gasteiger partial charge in [0, 0.05) is 24.5 Å². The number of aliphatic hydroxyl groups excluding tert-OH is 1. The molecular weight excluding hydrogens is 350 g/mol. The molecule has 0 spiro atoms. The summed E-state index contributed by atoms with van der Waals surface area (Å²) in [6.45, 7) is 13.8. The number of thiol groups is 1. The zero-order chi connectivity index (χ0) is 20.5. The Morgan fingerprint density at radius 3 is 2.19 bits per heavy atom. The van der Waals surface area contributed by atoms with Crippen LogP contribution < -0.4 is 14.9 Å². The van der Waals surface area contributed by atoms with Gasteiger partial charge in [0.2, 0.25) is 0 Å². The second kappa shape index (κ2) is 17.1. The van der Waals surface area contributed by atoms with Crippen LogP contribution >= 0.6 is 12.8 Å². The van der Waals surface area contributed by atoms with Crippen molar-refractivity contribution in [1.29, 1.82) is 0 Å². The maximum absolute atomic E-state index is 11.7. The summed E-state index contributed by atoms with van der Waals surface area (Å²) in [4.78, 5) is 13.4. The minimum absolute atomic E-state index is 0.0368. The van der Waals surface area contributed by atoms with Crippen LogP contribution in [0, 0.1) is 0 Å². The van der Waals surface area contributed by atoms with Gasteiger partial charge in [0.15, 0.2) is 0 Å². The van der Waals surface area contributed by atoms with Gasteiger partial charge in [-0.1, -0.05) is 54.4 Å². The Morgan fingerprint density at radius 2 is 1.73 bits per heavy atom. The molecule has 0 radical (unpaired) electrons. The summed E-state index contributed by atoms with van der Waals surface area (Å²) >= 11 is 4.31. The van der Waals surface area contributed by atoms with Gasteiger partial charge in [-0.05, 0) is 24.3 Å². The van der Waals surface area contributed by atoms with Gasteiger partial charge in [0.1, 0.15) is 6.61 Å². The van der Waals surface area contributed by atoms with Crippen LogP contribution in [-0.2, 0) is 9.53 Å². The number of hydrogen-bond acceptors (Lipinski definition) is 6. The number of benzene rings is 1. The SMILES string of the molecule is CC.CC.CC.NCC(O)CN(S)c1ccc(N2CCOCC2=O)cc1.